The molecule has 0 bridgehead atoms. The van der Waals surface area contributed by atoms with E-state index in [0.717, 1.165) is 12.5 Å². The van der Waals surface area contributed by atoms with Crippen LogP contribution in [0, 0.1) is 5.82 Å². The van der Waals surface area contributed by atoms with E-state index in [1.165, 1.54) is 17.5 Å². The number of piperidine rings is 1. The highest BCUT2D eigenvalue weighted by atomic mass is 79.9. The van der Waals surface area contributed by atoms with Gasteiger partial charge in [-0.05, 0) is 40.9 Å². The fourth-order valence-corrected chi connectivity index (χ4v) is 4.21. The molecule has 2 rings (SSSR count). The Labute approximate surface area is 126 Å². The van der Waals surface area contributed by atoms with E-state index >= 15 is 0 Å². The summed E-state index contributed by atoms with van der Waals surface area (Å²) in [5, 5.41) is 0. The number of hydrogen-bond acceptors (Lipinski definition) is 4. The van der Waals surface area contributed by atoms with Crippen molar-refractivity contribution in [2.45, 2.75) is 23.8 Å². The molecular weight excluding hydrogens is 351 g/mol. The van der Waals surface area contributed by atoms with E-state index < -0.39 is 15.8 Å². The molecule has 20 heavy (non-hydrogen) atoms. The predicted molar refractivity (Wildman–Crippen MR) is 76.6 cm³/mol. The van der Waals surface area contributed by atoms with Crippen molar-refractivity contribution in [1.82, 2.24) is 4.31 Å². The predicted octanol–water partition coefficient (Wildman–Crippen LogP) is 1.71. The average Bonchev–Trinajstić information content (AvgIpc) is 2.41. The van der Waals surface area contributed by atoms with Crippen molar-refractivity contribution in [2.24, 2.45) is 5.73 Å². The molecular formula is C12H16BrFN2O3S. The molecule has 1 heterocycles. The van der Waals surface area contributed by atoms with Gasteiger partial charge in [-0.25, -0.2) is 12.8 Å². The van der Waals surface area contributed by atoms with Crippen molar-refractivity contribution in [2.75, 3.05) is 20.2 Å². The molecule has 1 aromatic carbocycles. The number of rotatable bonds is 3. The van der Waals surface area contributed by atoms with Crippen molar-refractivity contribution in [3.63, 3.8) is 0 Å². The molecule has 0 spiro atoms. The van der Waals surface area contributed by atoms with Gasteiger partial charge in [-0.15, -0.1) is 0 Å². The Bertz CT molecular complexity index is 609. The molecule has 1 aliphatic rings. The first-order valence-corrected chi connectivity index (χ1v) is 8.38. The van der Waals surface area contributed by atoms with Crippen LogP contribution in [0.5, 0.6) is 5.75 Å². The third kappa shape index (κ3) is 2.98. The van der Waals surface area contributed by atoms with Gasteiger partial charge >= 0.3 is 0 Å². The summed E-state index contributed by atoms with van der Waals surface area (Å²) in [4.78, 5) is -0.171. The van der Waals surface area contributed by atoms with E-state index in [4.69, 9.17) is 10.5 Å². The summed E-state index contributed by atoms with van der Waals surface area (Å²) in [6.45, 7) is 0.625. The Morgan fingerprint density at radius 1 is 1.50 bits per heavy atom. The van der Waals surface area contributed by atoms with Crippen LogP contribution >= 0.6 is 15.9 Å². The summed E-state index contributed by atoms with van der Waals surface area (Å²) in [5.41, 5.74) is 5.81. The number of ether oxygens (including phenoxy) is 1. The summed E-state index contributed by atoms with van der Waals surface area (Å²) in [6, 6.07) is 2.09. The molecule has 1 unspecified atom stereocenters. The molecule has 8 heteroatoms. The molecule has 0 aromatic heterocycles. The van der Waals surface area contributed by atoms with Gasteiger partial charge in [0.05, 0.1) is 11.6 Å². The highest BCUT2D eigenvalue weighted by Gasteiger charge is 2.32. The molecule has 0 amide bonds. The van der Waals surface area contributed by atoms with Crippen molar-refractivity contribution in [3.8, 4) is 5.75 Å². The molecule has 5 nitrogen and oxygen atoms in total. The zero-order valence-corrected chi connectivity index (χ0v) is 13.4. The van der Waals surface area contributed by atoms with Gasteiger partial charge in [0.25, 0.3) is 0 Å². The minimum Gasteiger partial charge on any atom is -0.495 e. The van der Waals surface area contributed by atoms with E-state index in [0.29, 0.717) is 13.0 Å². The van der Waals surface area contributed by atoms with E-state index in [-0.39, 0.29) is 27.7 Å². The van der Waals surface area contributed by atoms with Crippen LogP contribution in [0.15, 0.2) is 21.5 Å². The summed E-state index contributed by atoms with van der Waals surface area (Å²) in [6.07, 6.45) is 1.49. The van der Waals surface area contributed by atoms with Gasteiger partial charge in [0.15, 0.2) is 0 Å². The highest BCUT2D eigenvalue weighted by molar-refractivity contribution is 9.10. The van der Waals surface area contributed by atoms with Crippen LogP contribution in [-0.2, 0) is 10.0 Å². The SMILES string of the molecule is COc1cc(Br)c(F)cc1S(=O)(=O)N1CCCC(N)C1. The lowest BCUT2D eigenvalue weighted by Gasteiger charge is -2.30. The van der Waals surface area contributed by atoms with Gasteiger partial charge < -0.3 is 10.5 Å². The van der Waals surface area contributed by atoms with E-state index in [2.05, 4.69) is 15.9 Å². The first kappa shape index (κ1) is 15.7. The van der Waals surface area contributed by atoms with Gasteiger partial charge in [0, 0.05) is 19.1 Å². The molecule has 1 saturated heterocycles. The minimum atomic E-state index is -3.81. The van der Waals surface area contributed by atoms with E-state index in [9.17, 15) is 12.8 Å². The second kappa shape index (κ2) is 5.97. The number of methoxy groups -OCH3 is 1. The van der Waals surface area contributed by atoms with Crippen molar-refractivity contribution in [1.29, 1.82) is 0 Å². The maximum Gasteiger partial charge on any atom is 0.246 e. The topological polar surface area (TPSA) is 72.6 Å². The number of nitrogens with zero attached hydrogens (tertiary/aromatic N) is 1. The monoisotopic (exact) mass is 366 g/mol. The van der Waals surface area contributed by atoms with Crippen LogP contribution in [0.1, 0.15) is 12.8 Å². The Morgan fingerprint density at radius 3 is 2.80 bits per heavy atom. The number of benzene rings is 1. The van der Waals surface area contributed by atoms with Crippen LogP contribution in [-0.4, -0.2) is 39.0 Å². The minimum absolute atomic E-state index is 0.109. The van der Waals surface area contributed by atoms with Gasteiger partial charge in [-0.1, -0.05) is 0 Å². The van der Waals surface area contributed by atoms with Gasteiger partial charge in [0.2, 0.25) is 10.0 Å². The fourth-order valence-electron chi connectivity index (χ4n) is 2.20. The van der Waals surface area contributed by atoms with Crippen molar-refractivity contribution >= 4 is 26.0 Å². The number of sulfonamides is 1. The van der Waals surface area contributed by atoms with E-state index in [1.807, 2.05) is 0 Å². The normalized spacial score (nSPS) is 20.9. The summed E-state index contributed by atoms with van der Waals surface area (Å²) in [7, 11) is -2.46. The molecule has 0 aliphatic carbocycles. The molecule has 1 fully saturated rings. The van der Waals surface area contributed by atoms with Crippen molar-refractivity contribution < 1.29 is 17.5 Å². The second-order valence-electron chi connectivity index (χ2n) is 4.68. The third-order valence-electron chi connectivity index (χ3n) is 3.24. The Kier molecular flexibility index (Phi) is 4.68. The van der Waals surface area contributed by atoms with Crippen LogP contribution in [0.3, 0.4) is 0 Å². The molecule has 112 valence electrons. The molecule has 0 saturated carbocycles. The quantitative estimate of drug-likeness (QED) is 0.883. The molecule has 1 aromatic rings. The zero-order chi connectivity index (χ0) is 14.9. The first-order valence-electron chi connectivity index (χ1n) is 6.15. The summed E-state index contributed by atoms with van der Waals surface area (Å²) < 4.78 is 45.3. The molecule has 1 aliphatic heterocycles. The molecule has 0 radical (unpaired) electrons. The second-order valence-corrected chi connectivity index (χ2v) is 7.44. The maximum atomic E-state index is 13.7. The van der Waals surface area contributed by atoms with Crippen LogP contribution in [0.4, 0.5) is 4.39 Å². The lowest BCUT2D eigenvalue weighted by molar-refractivity contribution is 0.314. The smallest absolute Gasteiger partial charge is 0.246 e. The lowest BCUT2D eigenvalue weighted by atomic mass is 10.1. The Balaban J connectivity index is 2.46. The van der Waals surface area contributed by atoms with Gasteiger partial charge in [-0.3, -0.25) is 0 Å². The van der Waals surface area contributed by atoms with Crippen LogP contribution < -0.4 is 10.5 Å². The fraction of sp³-hybridized carbons (Fsp3) is 0.500. The first-order chi connectivity index (χ1) is 9.36. The van der Waals surface area contributed by atoms with Gasteiger partial charge in [-0.2, -0.15) is 4.31 Å². The van der Waals surface area contributed by atoms with Crippen molar-refractivity contribution in [3.05, 3.63) is 22.4 Å². The van der Waals surface area contributed by atoms with E-state index in [1.54, 1.807) is 0 Å². The maximum absolute atomic E-state index is 13.7. The lowest BCUT2D eigenvalue weighted by Crippen LogP contribution is -2.45. The zero-order valence-electron chi connectivity index (χ0n) is 11.0. The summed E-state index contributed by atoms with van der Waals surface area (Å²) >= 11 is 3.01. The molecule has 2 N–H and O–H groups in total. The number of halogens is 2. The Hall–Kier alpha value is -0.700. The third-order valence-corrected chi connectivity index (χ3v) is 5.74. The highest BCUT2D eigenvalue weighted by Crippen LogP contribution is 2.32. The summed E-state index contributed by atoms with van der Waals surface area (Å²) in [5.74, 6) is -0.539. The number of hydrogen-bond donors (Lipinski definition) is 1. The Morgan fingerprint density at radius 2 is 2.20 bits per heavy atom. The number of nitrogens with two attached hydrogens (primary N) is 1. The molecule has 1 atom stereocenters. The standard InChI is InChI=1S/C12H16BrFN2O3S/c1-19-11-5-9(13)10(14)6-12(11)20(17,18)16-4-2-3-8(15)7-16/h5-6,8H,2-4,7,15H2,1H3. The van der Waals surface area contributed by atoms with Crippen LogP contribution in [0.2, 0.25) is 0 Å². The van der Waals surface area contributed by atoms with Gasteiger partial charge in [0.1, 0.15) is 16.5 Å². The largest absolute Gasteiger partial charge is 0.495 e. The van der Waals surface area contributed by atoms with Crippen LogP contribution in [0.25, 0.3) is 0 Å². The average molecular weight is 367 g/mol.